The van der Waals surface area contributed by atoms with Crippen LogP contribution < -0.4 is 5.32 Å². The smallest absolute Gasteiger partial charge is 0.416 e. The summed E-state index contributed by atoms with van der Waals surface area (Å²) in [6, 6.07) is 5.46. The molecule has 1 heterocycles. The molecule has 0 aromatic heterocycles. The van der Waals surface area contributed by atoms with Gasteiger partial charge < -0.3 is 10.1 Å². The highest BCUT2D eigenvalue weighted by Gasteiger charge is 2.46. The third-order valence-electron chi connectivity index (χ3n) is 4.97. The maximum atomic E-state index is 13.8. The number of nitrogens with zero attached hydrogens (tertiary/aromatic N) is 1. The first-order valence-electron chi connectivity index (χ1n) is 9.98. The number of amides is 2. The topological polar surface area (TPSA) is 75.7 Å². The van der Waals surface area contributed by atoms with Gasteiger partial charge >= 0.3 is 12.3 Å². The number of carbonyl (C=O) groups is 3. The number of alkyl halides is 3. The number of thioether (sulfide) groups is 1. The Balaban J connectivity index is 2.17. The van der Waals surface area contributed by atoms with E-state index in [2.05, 4.69) is 5.32 Å². The van der Waals surface area contributed by atoms with Gasteiger partial charge in [0, 0.05) is 18.7 Å². The minimum absolute atomic E-state index is 0.0295. The van der Waals surface area contributed by atoms with Crippen molar-refractivity contribution in [2.45, 2.75) is 57.9 Å². The molecule has 1 aromatic rings. The molecule has 1 aliphatic rings. The molecular formula is C21H27F3N2O4S. The van der Waals surface area contributed by atoms with E-state index in [0.717, 1.165) is 22.2 Å². The Morgan fingerprint density at radius 2 is 1.90 bits per heavy atom. The fraction of sp³-hybridized carbons (Fsp3) is 0.571. The van der Waals surface area contributed by atoms with Gasteiger partial charge in [-0.2, -0.15) is 13.2 Å². The summed E-state index contributed by atoms with van der Waals surface area (Å²) in [7, 11) is 0. The van der Waals surface area contributed by atoms with Gasteiger partial charge in [-0.25, -0.2) is 9.69 Å². The molecule has 2 rings (SSSR count). The highest BCUT2D eigenvalue weighted by molar-refractivity contribution is 8.13. The lowest BCUT2D eigenvalue weighted by atomic mass is 10.0. The fourth-order valence-electron chi connectivity index (χ4n) is 3.32. The zero-order chi connectivity index (χ0) is 23.2. The predicted molar refractivity (Wildman–Crippen MR) is 111 cm³/mol. The van der Waals surface area contributed by atoms with Crippen LogP contribution in [0, 0.1) is 5.92 Å². The summed E-state index contributed by atoms with van der Waals surface area (Å²) >= 11 is 0.922. The van der Waals surface area contributed by atoms with Crippen molar-refractivity contribution < 1.29 is 32.3 Å². The van der Waals surface area contributed by atoms with Crippen LogP contribution in [0.4, 0.5) is 18.0 Å². The van der Waals surface area contributed by atoms with Crippen LogP contribution >= 0.6 is 11.8 Å². The molecule has 3 atom stereocenters. The largest absolute Gasteiger partial charge is 0.447 e. The maximum Gasteiger partial charge on any atom is 0.416 e. The molecule has 1 saturated heterocycles. The minimum atomic E-state index is -4.72. The molecule has 31 heavy (non-hydrogen) atoms. The SMILES string of the molecule is CC(=O)SC[C@H](Cc1ccccc1)N[C@@H](CC(=O)N1C(=O)OC[C@@H]1C(C)C)C(F)(F)F. The van der Waals surface area contributed by atoms with Crippen molar-refractivity contribution in [2.24, 2.45) is 5.92 Å². The molecule has 0 aliphatic carbocycles. The first-order chi connectivity index (χ1) is 14.5. The highest BCUT2D eigenvalue weighted by atomic mass is 32.2. The van der Waals surface area contributed by atoms with Gasteiger partial charge in [0.25, 0.3) is 0 Å². The Morgan fingerprint density at radius 1 is 1.26 bits per heavy atom. The Kier molecular flexibility index (Phi) is 8.93. The predicted octanol–water partition coefficient (Wildman–Crippen LogP) is 3.79. The quantitative estimate of drug-likeness (QED) is 0.604. The molecule has 1 aliphatic heterocycles. The van der Waals surface area contributed by atoms with Crippen LogP contribution in [-0.4, -0.2) is 58.7 Å². The third kappa shape index (κ3) is 7.53. The number of benzene rings is 1. The summed E-state index contributed by atoms with van der Waals surface area (Å²) in [5.74, 6) is -0.968. The van der Waals surface area contributed by atoms with Crippen molar-refractivity contribution in [3.8, 4) is 0 Å². The minimum Gasteiger partial charge on any atom is -0.447 e. The molecule has 0 unspecified atom stereocenters. The highest BCUT2D eigenvalue weighted by Crippen LogP contribution is 2.27. The summed E-state index contributed by atoms with van der Waals surface area (Å²) in [5.41, 5.74) is 0.805. The van der Waals surface area contributed by atoms with Gasteiger partial charge in [-0.1, -0.05) is 55.9 Å². The zero-order valence-electron chi connectivity index (χ0n) is 17.6. The lowest BCUT2D eigenvalue weighted by Gasteiger charge is -2.29. The first-order valence-corrected chi connectivity index (χ1v) is 11.0. The molecule has 2 amide bonds. The average Bonchev–Trinajstić information content (AvgIpc) is 3.07. The van der Waals surface area contributed by atoms with Crippen LogP contribution in [0.5, 0.6) is 0 Å². The van der Waals surface area contributed by atoms with Crippen molar-refractivity contribution in [1.82, 2.24) is 10.2 Å². The number of hydrogen-bond acceptors (Lipinski definition) is 6. The summed E-state index contributed by atoms with van der Waals surface area (Å²) < 4.78 is 46.3. The Hall–Kier alpha value is -2.07. The van der Waals surface area contributed by atoms with E-state index in [4.69, 9.17) is 4.74 Å². The number of carbonyl (C=O) groups excluding carboxylic acids is 3. The number of hydrogen-bond donors (Lipinski definition) is 1. The zero-order valence-corrected chi connectivity index (χ0v) is 18.5. The average molecular weight is 461 g/mol. The molecular weight excluding hydrogens is 433 g/mol. The van der Waals surface area contributed by atoms with E-state index in [1.807, 2.05) is 0 Å². The van der Waals surface area contributed by atoms with Crippen LogP contribution in [0.15, 0.2) is 30.3 Å². The number of nitrogens with one attached hydrogen (secondary N) is 1. The Morgan fingerprint density at radius 3 is 2.45 bits per heavy atom. The van der Waals surface area contributed by atoms with Crippen LogP contribution in [0.1, 0.15) is 32.8 Å². The number of ether oxygens (including phenoxy) is 1. The molecule has 6 nitrogen and oxygen atoms in total. The van der Waals surface area contributed by atoms with Gasteiger partial charge in [0.05, 0.1) is 12.5 Å². The fourth-order valence-corrected chi connectivity index (χ4v) is 3.97. The molecule has 1 aromatic carbocycles. The Bertz CT molecular complexity index is 774. The number of cyclic esters (lactones) is 1. The van der Waals surface area contributed by atoms with Crippen molar-refractivity contribution in [3.63, 3.8) is 0 Å². The van der Waals surface area contributed by atoms with Crippen molar-refractivity contribution >= 4 is 28.9 Å². The molecule has 0 saturated carbocycles. The first kappa shape index (κ1) is 25.2. The van der Waals surface area contributed by atoms with Crippen LogP contribution in [0.25, 0.3) is 0 Å². The third-order valence-corrected chi connectivity index (χ3v) is 5.94. The molecule has 172 valence electrons. The van der Waals surface area contributed by atoms with E-state index in [1.54, 1.807) is 44.2 Å². The number of halogens is 3. The summed E-state index contributed by atoms with van der Waals surface area (Å²) in [4.78, 5) is 36.8. The number of imide groups is 1. The van der Waals surface area contributed by atoms with Gasteiger partial charge in [0.1, 0.15) is 12.6 Å². The normalized spacial score (nSPS) is 18.7. The van der Waals surface area contributed by atoms with E-state index in [1.165, 1.54) is 6.92 Å². The summed E-state index contributed by atoms with van der Waals surface area (Å²) in [6.07, 6.45) is -6.32. The molecule has 0 bridgehead atoms. The van der Waals surface area contributed by atoms with E-state index < -0.39 is 42.7 Å². The van der Waals surface area contributed by atoms with Crippen LogP contribution in [0.3, 0.4) is 0 Å². The molecule has 0 spiro atoms. The lowest BCUT2D eigenvalue weighted by molar-refractivity contribution is -0.165. The lowest BCUT2D eigenvalue weighted by Crippen LogP contribution is -2.53. The second-order valence-corrected chi connectivity index (χ2v) is 9.00. The van der Waals surface area contributed by atoms with E-state index in [0.29, 0.717) is 0 Å². The van der Waals surface area contributed by atoms with Gasteiger partial charge in [-0.3, -0.25) is 9.59 Å². The second-order valence-electron chi connectivity index (χ2n) is 7.81. The molecule has 0 radical (unpaired) electrons. The second kappa shape index (κ2) is 11.0. The standard InChI is InChI=1S/C21H27F3N2O4S/c1-13(2)17-11-30-20(29)26(17)19(28)10-18(21(22,23)24)25-16(12-31-14(3)27)9-15-7-5-4-6-8-15/h4-8,13,16-18,25H,9-12H2,1-3H3/t16-,17+,18-/m0/s1. The van der Waals surface area contributed by atoms with E-state index in [-0.39, 0.29) is 29.8 Å². The van der Waals surface area contributed by atoms with Crippen molar-refractivity contribution in [1.29, 1.82) is 0 Å². The number of rotatable bonds is 9. The summed E-state index contributed by atoms with van der Waals surface area (Å²) in [6.45, 7) is 4.85. The van der Waals surface area contributed by atoms with Crippen LogP contribution in [-0.2, 0) is 20.7 Å². The Labute approximate surface area is 183 Å². The van der Waals surface area contributed by atoms with Crippen molar-refractivity contribution in [2.75, 3.05) is 12.4 Å². The summed E-state index contributed by atoms with van der Waals surface area (Å²) in [5, 5.41) is 2.30. The van der Waals surface area contributed by atoms with Gasteiger partial charge in [-0.15, -0.1) is 0 Å². The monoisotopic (exact) mass is 460 g/mol. The van der Waals surface area contributed by atoms with E-state index in [9.17, 15) is 27.6 Å². The van der Waals surface area contributed by atoms with Crippen molar-refractivity contribution in [3.05, 3.63) is 35.9 Å². The molecule has 1 fully saturated rings. The van der Waals surface area contributed by atoms with Gasteiger partial charge in [0.15, 0.2) is 5.12 Å². The van der Waals surface area contributed by atoms with E-state index >= 15 is 0 Å². The maximum absolute atomic E-state index is 13.8. The van der Waals surface area contributed by atoms with Gasteiger partial charge in [0.2, 0.25) is 5.91 Å². The molecule has 1 N–H and O–H groups in total. The van der Waals surface area contributed by atoms with Gasteiger partial charge in [-0.05, 0) is 17.9 Å². The van der Waals surface area contributed by atoms with Crippen LogP contribution in [0.2, 0.25) is 0 Å². The molecule has 10 heteroatoms.